The predicted octanol–water partition coefficient (Wildman–Crippen LogP) is 2.38. The number of carbonyl (C=O) groups is 1. The molecule has 0 saturated carbocycles. The molecule has 1 atom stereocenters. The van der Waals surface area contributed by atoms with Crippen LogP contribution in [0.1, 0.15) is 42.5 Å². The van der Waals surface area contributed by atoms with Crippen LogP contribution in [0.4, 0.5) is 0 Å². The van der Waals surface area contributed by atoms with Gasteiger partial charge < -0.3 is 14.2 Å². The van der Waals surface area contributed by atoms with Crippen LogP contribution in [0.3, 0.4) is 0 Å². The van der Waals surface area contributed by atoms with Crippen LogP contribution >= 0.6 is 0 Å². The summed E-state index contributed by atoms with van der Waals surface area (Å²) in [6, 6.07) is 7.32. The molecular weight excluding hydrogens is 360 g/mol. The fraction of sp³-hybridized carbons (Fsp3) is 0.421. The number of amides is 1. The van der Waals surface area contributed by atoms with Crippen molar-refractivity contribution in [1.29, 1.82) is 0 Å². The third-order valence-electron chi connectivity index (χ3n) is 4.75. The Morgan fingerprint density at radius 1 is 1.29 bits per heavy atom. The molecule has 0 bridgehead atoms. The van der Waals surface area contributed by atoms with E-state index in [0.717, 1.165) is 12.2 Å². The zero-order chi connectivity index (χ0) is 19.5. The summed E-state index contributed by atoms with van der Waals surface area (Å²) in [5, 5.41) is 12.2. The van der Waals surface area contributed by atoms with Gasteiger partial charge in [-0.05, 0) is 37.6 Å². The average molecular weight is 382 g/mol. The van der Waals surface area contributed by atoms with E-state index >= 15 is 0 Å². The first-order valence-corrected chi connectivity index (χ1v) is 9.44. The molecule has 1 amide bonds. The molecule has 9 nitrogen and oxygen atoms in total. The van der Waals surface area contributed by atoms with Gasteiger partial charge in [-0.3, -0.25) is 4.79 Å². The first-order valence-electron chi connectivity index (χ1n) is 9.44. The molecule has 0 N–H and O–H groups in total. The molecule has 1 aliphatic rings. The SMILES string of the molecule is CCOc1ccc(C(=O)N2CCC(n3cc(-c4nc(CC)no4)nn3)C2)cc1. The second-order valence-electron chi connectivity index (χ2n) is 6.60. The molecule has 1 saturated heterocycles. The molecule has 1 unspecified atom stereocenters. The summed E-state index contributed by atoms with van der Waals surface area (Å²) < 4.78 is 12.4. The number of benzene rings is 1. The van der Waals surface area contributed by atoms with Crippen LogP contribution in [0.25, 0.3) is 11.6 Å². The molecule has 1 aliphatic heterocycles. The summed E-state index contributed by atoms with van der Waals surface area (Å²) in [6.45, 7) is 5.75. The van der Waals surface area contributed by atoms with E-state index in [1.54, 1.807) is 23.0 Å². The highest BCUT2D eigenvalue weighted by Crippen LogP contribution is 2.25. The Hall–Kier alpha value is -3.23. The fourth-order valence-corrected chi connectivity index (χ4v) is 3.24. The van der Waals surface area contributed by atoms with Crippen molar-refractivity contribution in [3.63, 3.8) is 0 Å². The first kappa shape index (κ1) is 18.1. The molecule has 2 aromatic heterocycles. The fourth-order valence-electron chi connectivity index (χ4n) is 3.24. The number of carbonyl (C=O) groups excluding carboxylic acids is 1. The van der Waals surface area contributed by atoms with Crippen molar-refractivity contribution in [1.82, 2.24) is 30.0 Å². The van der Waals surface area contributed by atoms with Crippen LogP contribution in [0.5, 0.6) is 5.75 Å². The normalized spacial score (nSPS) is 16.5. The Labute approximate surface area is 162 Å². The minimum Gasteiger partial charge on any atom is -0.494 e. The van der Waals surface area contributed by atoms with Gasteiger partial charge in [0.1, 0.15) is 5.75 Å². The third-order valence-corrected chi connectivity index (χ3v) is 4.75. The number of nitrogens with zero attached hydrogens (tertiary/aromatic N) is 6. The maximum Gasteiger partial charge on any atom is 0.280 e. The van der Waals surface area contributed by atoms with Gasteiger partial charge in [-0.25, -0.2) is 4.68 Å². The number of hydrogen-bond donors (Lipinski definition) is 0. The van der Waals surface area contributed by atoms with Gasteiger partial charge in [-0.15, -0.1) is 5.10 Å². The van der Waals surface area contributed by atoms with Gasteiger partial charge in [0.15, 0.2) is 11.5 Å². The Morgan fingerprint density at radius 2 is 2.11 bits per heavy atom. The van der Waals surface area contributed by atoms with Crippen LogP contribution < -0.4 is 4.74 Å². The van der Waals surface area contributed by atoms with Crippen LogP contribution in [-0.4, -0.2) is 55.6 Å². The zero-order valence-electron chi connectivity index (χ0n) is 15.9. The van der Waals surface area contributed by atoms with Crippen molar-refractivity contribution in [2.24, 2.45) is 0 Å². The maximum atomic E-state index is 12.8. The average Bonchev–Trinajstić information content (AvgIpc) is 3.47. The minimum atomic E-state index is 0.00961. The monoisotopic (exact) mass is 382 g/mol. The molecule has 4 rings (SSSR count). The van der Waals surface area contributed by atoms with Crippen molar-refractivity contribution in [3.05, 3.63) is 41.9 Å². The van der Waals surface area contributed by atoms with E-state index in [2.05, 4.69) is 20.5 Å². The highest BCUT2D eigenvalue weighted by atomic mass is 16.5. The smallest absolute Gasteiger partial charge is 0.280 e. The summed E-state index contributed by atoms with van der Waals surface area (Å²) in [5.41, 5.74) is 1.20. The van der Waals surface area contributed by atoms with Crippen molar-refractivity contribution >= 4 is 5.91 Å². The van der Waals surface area contributed by atoms with Crippen molar-refractivity contribution in [2.75, 3.05) is 19.7 Å². The van der Waals surface area contributed by atoms with Crippen molar-refractivity contribution in [3.8, 4) is 17.3 Å². The Bertz CT molecular complexity index is 949. The van der Waals surface area contributed by atoms with E-state index in [1.807, 2.05) is 30.9 Å². The van der Waals surface area contributed by atoms with Gasteiger partial charge in [-0.2, -0.15) is 4.98 Å². The van der Waals surface area contributed by atoms with Gasteiger partial charge in [-0.1, -0.05) is 17.3 Å². The molecule has 0 aliphatic carbocycles. The number of hydrogen-bond acceptors (Lipinski definition) is 7. The molecule has 0 radical (unpaired) electrons. The predicted molar refractivity (Wildman–Crippen MR) is 99.9 cm³/mol. The molecule has 1 aromatic carbocycles. The zero-order valence-corrected chi connectivity index (χ0v) is 15.9. The molecule has 0 spiro atoms. The molecule has 28 heavy (non-hydrogen) atoms. The molecule has 1 fully saturated rings. The standard InChI is InChI=1S/C19H22N6O3/c1-3-17-20-18(28-22-17)16-12-25(23-21-16)14-9-10-24(11-14)19(26)13-5-7-15(8-6-13)27-4-2/h5-8,12,14H,3-4,9-11H2,1-2H3. The summed E-state index contributed by atoms with van der Waals surface area (Å²) in [5.74, 6) is 1.78. The highest BCUT2D eigenvalue weighted by molar-refractivity contribution is 5.94. The number of likely N-dealkylation sites (tertiary alicyclic amines) is 1. The summed E-state index contributed by atoms with van der Waals surface area (Å²) in [6.07, 6.45) is 3.31. The number of ether oxygens (including phenoxy) is 1. The second-order valence-corrected chi connectivity index (χ2v) is 6.60. The van der Waals surface area contributed by atoms with E-state index in [1.165, 1.54) is 0 Å². The van der Waals surface area contributed by atoms with Gasteiger partial charge in [0.05, 0.1) is 18.8 Å². The number of aryl methyl sites for hydroxylation is 1. The Kier molecular flexibility index (Phi) is 5.05. The van der Waals surface area contributed by atoms with Gasteiger partial charge in [0.2, 0.25) is 0 Å². The summed E-state index contributed by atoms with van der Waals surface area (Å²) in [7, 11) is 0. The molecular formula is C19H22N6O3. The maximum absolute atomic E-state index is 12.8. The van der Waals surface area contributed by atoms with Crippen molar-refractivity contribution < 1.29 is 14.1 Å². The van der Waals surface area contributed by atoms with Crippen LogP contribution in [0.2, 0.25) is 0 Å². The third kappa shape index (κ3) is 3.60. The Morgan fingerprint density at radius 3 is 2.82 bits per heavy atom. The lowest BCUT2D eigenvalue weighted by Crippen LogP contribution is -2.29. The quantitative estimate of drug-likeness (QED) is 0.645. The van der Waals surface area contributed by atoms with E-state index < -0.39 is 0 Å². The van der Waals surface area contributed by atoms with E-state index in [9.17, 15) is 4.79 Å². The lowest BCUT2D eigenvalue weighted by atomic mass is 10.2. The van der Waals surface area contributed by atoms with Crippen LogP contribution in [0, 0.1) is 0 Å². The lowest BCUT2D eigenvalue weighted by molar-refractivity contribution is 0.0787. The van der Waals surface area contributed by atoms with Gasteiger partial charge in [0.25, 0.3) is 11.8 Å². The molecule has 146 valence electrons. The van der Waals surface area contributed by atoms with Crippen LogP contribution in [0.15, 0.2) is 35.0 Å². The van der Waals surface area contributed by atoms with Crippen molar-refractivity contribution in [2.45, 2.75) is 32.7 Å². The second kappa shape index (κ2) is 7.79. The van der Waals surface area contributed by atoms with E-state index in [0.29, 0.717) is 49.1 Å². The molecule has 3 aromatic rings. The topological polar surface area (TPSA) is 99.2 Å². The lowest BCUT2D eigenvalue weighted by Gasteiger charge is -2.16. The highest BCUT2D eigenvalue weighted by Gasteiger charge is 2.29. The van der Waals surface area contributed by atoms with Gasteiger partial charge in [0, 0.05) is 25.1 Å². The Balaban J connectivity index is 1.41. The largest absolute Gasteiger partial charge is 0.494 e. The summed E-state index contributed by atoms with van der Waals surface area (Å²) >= 11 is 0. The van der Waals surface area contributed by atoms with Crippen LogP contribution in [-0.2, 0) is 6.42 Å². The van der Waals surface area contributed by atoms with E-state index in [4.69, 9.17) is 9.26 Å². The molecule has 3 heterocycles. The minimum absolute atomic E-state index is 0.00961. The first-order chi connectivity index (χ1) is 13.7. The summed E-state index contributed by atoms with van der Waals surface area (Å²) in [4.78, 5) is 18.9. The van der Waals surface area contributed by atoms with Gasteiger partial charge >= 0.3 is 0 Å². The van der Waals surface area contributed by atoms with E-state index in [-0.39, 0.29) is 11.9 Å². The number of aromatic nitrogens is 5. The number of rotatable bonds is 6. The molecule has 9 heteroatoms.